The van der Waals surface area contributed by atoms with Crippen LogP contribution in [0.25, 0.3) is 0 Å². The van der Waals surface area contributed by atoms with E-state index in [1.165, 1.54) is 0 Å². The van der Waals surface area contributed by atoms with Gasteiger partial charge in [0, 0.05) is 3.57 Å². The van der Waals surface area contributed by atoms with Crippen molar-refractivity contribution in [2.45, 2.75) is 6.92 Å². The molecule has 48 valence electrons. The topological polar surface area (TPSA) is 23.1 Å². The number of hydrogen-bond acceptors (Lipinski definition) is 1. The molecule has 0 saturated heterocycles. The molecule has 0 atom stereocenters. The van der Waals surface area contributed by atoms with Gasteiger partial charge in [-0.25, -0.2) is 0 Å². The van der Waals surface area contributed by atoms with E-state index in [9.17, 15) is 5.11 Å². The second-order valence-electron chi connectivity index (χ2n) is 1.89. The first kappa shape index (κ1) is 10.8. The normalized spacial score (nSPS) is 8.60. The van der Waals surface area contributed by atoms with E-state index in [-0.39, 0.29) is 35.3 Å². The second-order valence-corrected chi connectivity index (χ2v) is 3.05. The third kappa shape index (κ3) is 2.42. The molecule has 0 heterocycles. The molecule has 1 rings (SSSR count). The predicted octanol–water partition coefficient (Wildman–Crippen LogP) is -1.32. The second kappa shape index (κ2) is 4.59. The fraction of sp³-hybridized carbons (Fsp3) is 0.143. The zero-order valence-corrected chi connectivity index (χ0v) is 10.2. The van der Waals surface area contributed by atoms with Gasteiger partial charge in [-0.05, 0) is 35.6 Å². The van der Waals surface area contributed by atoms with E-state index in [4.69, 9.17) is 0 Å². The average Bonchev–Trinajstić information content (AvgIpc) is 1.83. The molecule has 3 heteroatoms. The Labute approximate surface area is 96.3 Å². The Kier molecular flexibility index (Phi) is 4.94. The summed E-state index contributed by atoms with van der Waals surface area (Å²) >= 11 is 2.04. The standard InChI is InChI=1S/C7H7IO.Na/c1-5-3-2-4-6(8)7(5)9;/h2-4,9H,1H3;/q;+1/p-1. The molecule has 1 nitrogen and oxygen atoms in total. The van der Waals surface area contributed by atoms with Crippen LogP contribution in [0.3, 0.4) is 0 Å². The van der Waals surface area contributed by atoms with Crippen molar-refractivity contribution < 1.29 is 34.7 Å². The summed E-state index contributed by atoms with van der Waals surface area (Å²) in [4.78, 5) is 0. The van der Waals surface area contributed by atoms with Crippen molar-refractivity contribution in [2.75, 3.05) is 0 Å². The monoisotopic (exact) mass is 256 g/mol. The minimum absolute atomic E-state index is 0. The van der Waals surface area contributed by atoms with Crippen LogP contribution in [-0.4, -0.2) is 0 Å². The minimum Gasteiger partial charge on any atom is -0.872 e. The first-order chi connectivity index (χ1) is 4.22. The first-order valence-electron chi connectivity index (χ1n) is 2.64. The summed E-state index contributed by atoms with van der Waals surface area (Å²) in [5.74, 6) is 0.151. The molecule has 0 aliphatic rings. The van der Waals surface area contributed by atoms with Crippen LogP contribution in [0, 0.1) is 10.5 Å². The molecule has 0 radical (unpaired) electrons. The van der Waals surface area contributed by atoms with Crippen LogP contribution in [0.5, 0.6) is 5.75 Å². The Morgan fingerprint density at radius 3 is 2.40 bits per heavy atom. The van der Waals surface area contributed by atoms with Crippen LogP contribution in [0.2, 0.25) is 0 Å². The van der Waals surface area contributed by atoms with Gasteiger partial charge in [0.2, 0.25) is 0 Å². The van der Waals surface area contributed by atoms with Gasteiger partial charge in [0.1, 0.15) is 0 Å². The van der Waals surface area contributed by atoms with E-state index in [1.54, 1.807) is 0 Å². The van der Waals surface area contributed by atoms with Crippen molar-refractivity contribution in [3.05, 3.63) is 27.3 Å². The summed E-state index contributed by atoms with van der Waals surface area (Å²) in [6.45, 7) is 1.82. The van der Waals surface area contributed by atoms with Crippen LogP contribution in [-0.2, 0) is 0 Å². The van der Waals surface area contributed by atoms with E-state index in [1.807, 2.05) is 47.7 Å². The molecule has 0 N–H and O–H groups in total. The maximum absolute atomic E-state index is 11.0. The van der Waals surface area contributed by atoms with Crippen molar-refractivity contribution in [3.63, 3.8) is 0 Å². The molecular formula is C7H6INaO. The number of aryl methyl sites for hydroxylation is 1. The van der Waals surface area contributed by atoms with Gasteiger partial charge in [-0.2, -0.15) is 0 Å². The molecule has 0 amide bonds. The van der Waals surface area contributed by atoms with Crippen LogP contribution >= 0.6 is 22.6 Å². The van der Waals surface area contributed by atoms with E-state index in [2.05, 4.69) is 0 Å². The fourth-order valence-corrected chi connectivity index (χ4v) is 1.25. The Morgan fingerprint density at radius 2 is 2.00 bits per heavy atom. The molecule has 1 aromatic rings. The first-order valence-corrected chi connectivity index (χ1v) is 3.72. The molecule has 0 fully saturated rings. The largest absolute Gasteiger partial charge is 1.00 e. The van der Waals surface area contributed by atoms with Gasteiger partial charge < -0.3 is 5.11 Å². The third-order valence-corrected chi connectivity index (χ3v) is 2.01. The Hall–Kier alpha value is 0.750. The summed E-state index contributed by atoms with van der Waals surface area (Å²) < 4.78 is 0.799. The smallest absolute Gasteiger partial charge is 0.872 e. The quantitative estimate of drug-likeness (QED) is 0.417. The fourth-order valence-electron chi connectivity index (χ4n) is 0.617. The summed E-state index contributed by atoms with van der Waals surface area (Å²) in [6.07, 6.45) is 0. The molecule has 0 bridgehead atoms. The molecule has 10 heavy (non-hydrogen) atoms. The van der Waals surface area contributed by atoms with Crippen LogP contribution < -0.4 is 34.7 Å². The van der Waals surface area contributed by atoms with E-state index in [0.29, 0.717) is 0 Å². The van der Waals surface area contributed by atoms with E-state index < -0.39 is 0 Å². The minimum atomic E-state index is 0. The molecule has 0 spiro atoms. The van der Waals surface area contributed by atoms with E-state index >= 15 is 0 Å². The van der Waals surface area contributed by atoms with Crippen LogP contribution in [0.1, 0.15) is 5.56 Å². The van der Waals surface area contributed by atoms with Gasteiger partial charge in [0.05, 0.1) is 0 Å². The number of halogens is 1. The summed E-state index contributed by atoms with van der Waals surface area (Å²) in [5.41, 5.74) is 0.821. The Balaban J connectivity index is 0.000000810. The third-order valence-electron chi connectivity index (χ3n) is 1.16. The number of benzene rings is 1. The molecule has 0 saturated carbocycles. The van der Waals surface area contributed by atoms with Crippen molar-refractivity contribution in [1.82, 2.24) is 0 Å². The van der Waals surface area contributed by atoms with Crippen molar-refractivity contribution in [2.24, 2.45) is 0 Å². The van der Waals surface area contributed by atoms with Crippen molar-refractivity contribution >= 4 is 22.6 Å². The average molecular weight is 256 g/mol. The van der Waals surface area contributed by atoms with Gasteiger partial charge in [-0.3, -0.25) is 0 Å². The molecule has 0 unspecified atom stereocenters. The van der Waals surface area contributed by atoms with Crippen LogP contribution in [0.4, 0.5) is 0 Å². The molecule has 1 aromatic carbocycles. The summed E-state index contributed by atoms with van der Waals surface area (Å²) in [6, 6.07) is 5.53. The summed E-state index contributed by atoms with van der Waals surface area (Å²) in [5, 5.41) is 11.0. The zero-order valence-electron chi connectivity index (χ0n) is 6.02. The van der Waals surface area contributed by atoms with Crippen LogP contribution in [0.15, 0.2) is 18.2 Å². The Morgan fingerprint density at radius 1 is 1.40 bits per heavy atom. The number of rotatable bonds is 0. The SMILES string of the molecule is Cc1cccc(I)c1[O-].[Na+]. The van der Waals surface area contributed by atoms with Gasteiger partial charge >= 0.3 is 29.6 Å². The van der Waals surface area contributed by atoms with Gasteiger partial charge in [-0.15, -0.1) is 0 Å². The van der Waals surface area contributed by atoms with Gasteiger partial charge in [0.15, 0.2) is 0 Å². The molecule has 0 aliphatic heterocycles. The number of para-hydroxylation sites is 1. The van der Waals surface area contributed by atoms with Crippen molar-refractivity contribution in [3.8, 4) is 5.75 Å². The van der Waals surface area contributed by atoms with Gasteiger partial charge in [0.25, 0.3) is 0 Å². The molecule has 0 aromatic heterocycles. The summed E-state index contributed by atoms with van der Waals surface area (Å²) in [7, 11) is 0. The maximum Gasteiger partial charge on any atom is 1.00 e. The molecule has 0 aliphatic carbocycles. The number of hydrogen-bond donors (Lipinski definition) is 0. The Bertz CT molecular complexity index is 205. The maximum atomic E-state index is 11.0. The van der Waals surface area contributed by atoms with Gasteiger partial charge in [-0.1, -0.05) is 23.4 Å². The van der Waals surface area contributed by atoms with Crippen molar-refractivity contribution in [1.29, 1.82) is 0 Å². The zero-order chi connectivity index (χ0) is 6.85. The van der Waals surface area contributed by atoms with E-state index in [0.717, 1.165) is 9.13 Å². The predicted molar refractivity (Wildman–Crippen MR) is 43.3 cm³/mol. The molecular weight excluding hydrogens is 250 g/mol.